The number of likely N-dealkylation sites (tertiary alicyclic amines) is 1. The molecule has 1 fully saturated rings. The highest BCUT2D eigenvalue weighted by Gasteiger charge is 2.56. The maximum Gasteiger partial charge on any atom is 0.411 e. The normalized spacial score (nSPS) is 25.5. The number of nitrogens with zero attached hydrogens (tertiary/aromatic N) is 1. The molecule has 22 heavy (non-hydrogen) atoms. The number of anilines is 1. The Hall–Kier alpha value is -1.46. The van der Waals surface area contributed by atoms with Crippen LogP contribution in [0.4, 0.5) is 10.5 Å². The van der Waals surface area contributed by atoms with Gasteiger partial charge in [0.25, 0.3) is 0 Å². The number of para-hydroxylation sites is 1. The molecule has 0 bridgehead atoms. The SMILES string of the molecule is COC(=O)N1CC[C@@]2(OCCCCCl)c3ccccc3N[C@@H]12. The van der Waals surface area contributed by atoms with E-state index in [9.17, 15) is 4.79 Å². The molecule has 0 aromatic heterocycles. The van der Waals surface area contributed by atoms with Crippen LogP contribution in [0, 0.1) is 0 Å². The number of alkyl halides is 1. The molecule has 0 radical (unpaired) electrons. The van der Waals surface area contributed by atoms with E-state index in [0.717, 1.165) is 30.5 Å². The van der Waals surface area contributed by atoms with Gasteiger partial charge >= 0.3 is 6.09 Å². The van der Waals surface area contributed by atoms with Crippen molar-refractivity contribution >= 4 is 23.4 Å². The zero-order chi connectivity index (χ0) is 15.6. The lowest BCUT2D eigenvalue weighted by atomic mass is 9.92. The van der Waals surface area contributed by atoms with Gasteiger partial charge in [-0.1, -0.05) is 18.2 Å². The lowest BCUT2D eigenvalue weighted by Crippen LogP contribution is -2.47. The molecule has 1 amide bonds. The number of methoxy groups -OCH3 is 1. The minimum absolute atomic E-state index is 0.214. The van der Waals surface area contributed by atoms with Crippen LogP contribution >= 0.6 is 11.6 Å². The summed E-state index contributed by atoms with van der Waals surface area (Å²) < 4.78 is 11.2. The standard InChI is InChI=1S/C16H21ClN2O3/c1-21-15(20)19-10-8-16(22-11-5-4-9-17)12-6-2-3-7-13(12)18-14(16)19/h2-3,6-7,14,18H,4-5,8-11H2,1H3/t14-,16+/m0/s1. The first-order chi connectivity index (χ1) is 10.7. The van der Waals surface area contributed by atoms with E-state index in [1.54, 1.807) is 4.90 Å². The van der Waals surface area contributed by atoms with Crippen molar-refractivity contribution in [2.75, 3.05) is 31.5 Å². The zero-order valence-corrected chi connectivity index (χ0v) is 13.4. The molecule has 120 valence electrons. The molecule has 2 heterocycles. The number of hydrogen-bond acceptors (Lipinski definition) is 4. The summed E-state index contributed by atoms with van der Waals surface area (Å²) in [5.74, 6) is 0.642. The largest absolute Gasteiger partial charge is 0.453 e. The number of carbonyl (C=O) groups is 1. The van der Waals surface area contributed by atoms with Crippen molar-refractivity contribution in [2.24, 2.45) is 0 Å². The van der Waals surface area contributed by atoms with Crippen LogP contribution in [-0.2, 0) is 15.1 Å². The molecule has 0 saturated carbocycles. The van der Waals surface area contributed by atoms with Crippen LogP contribution in [-0.4, -0.2) is 43.3 Å². The van der Waals surface area contributed by atoms with Crippen LogP contribution in [0.25, 0.3) is 0 Å². The number of hydrogen-bond donors (Lipinski definition) is 1. The molecular weight excluding hydrogens is 304 g/mol. The van der Waals surface area contributed by atoms with Crippen LogP contribution < -0.4 is 5.32 Å². The molecule has 2 aliphatic heterocycles. The Morgan fingerprint density at radius 1 is 1.45 bits per heavy atom. The zero-order valence-electron chi connectivity index (χ0n) is 12.7. The summed E-state index contributed by atoms with van der Waals surface area (Å²) in [5, 5.41) is 3.42. The van der Waals surface area contributed by atoms with Crippen LogP contribution in [0.5, 0.6) is 0 Å². The molecule has 0 aliphatic carbocycles. The Morgan fingerprint density at radius 3 is 3.05 bits per heavy atom. The summed E-state index contributed by atoms with van der Waals surface area (Å²) in [6.45, 7) is 1.25. The minimum Gasteiger partial charge on any atom is -0.453 e. The summed E-state index contributed by atoms with van der Waals surface area (Å²) in [6, 6.07) is 8.09. The van der Waals surface area contributed by atoms with Crippen molar-refractivity contribution in [2.45, 2.75) is 31.0 Å². The van der Waals surface area contributed by atoms with Gasteiger partial charge in [0, 0.05) is 36.7 Å². The Morgan fingerprint density at radius 2 is 2.27 bits per heavy atom. The van der Waals surface area contributed by atoms with Gasteiger partial charge in [-0.25, -0.2) is 4.79 Å². The molecule has 1 saturated heterocycles. The van der Waals surface area contributed by atoms with Crippen molar-refractivity contribution in [3.05, 3.63) is 29.8 Å². The van der Waals surface area contributed by atoms with Crippen molar-refractivity contribution in [3.63, 3.8) is 0 Å². The Bertz CT molecular complexity index is 554. The van der Waals surface area contributed by atoms with Gasteiger partial charge in [-0.15, -0.1) is 11.6 Å². The number of carbonyl (C=O) groups excluding carboxylic acids is 1. The summed E-state index contributed by atoms with van der Waals surface area (Å²) in [5.41, 5.74) is 1.66. The molecule has 1 aromatic rings. The maximum absolute atomic E-state index is 12.0. The predicted molar refractivity (Wildman–Crippen MR) is 85.2 cm³/mol. The second-order valence-electron chi connectivity index (χ2n) is 5.64. The molecule has 0 unspecified atom stereocenters. The number of ether oxygens (including phenoxy) is 2. The van der Waals surface area contributed by atoms with Gasteiger partial charge in [0.1, 0.15) is 11.8 Å². The smallest absolute Gasteiger partial charge is 0.411 e. The lowest BCUT2D eigenvalue weighted by Gasteiger charge is -2.32. The second-order valence-corrected chi connectivity index (χ2v) is 6.02. The van der Waals surface area contributed by atoms with Crippen molar-refractivity contribution in [3.8, 4) is 0 Å². The number of benzene rings is 1. The first-order valence-corrected chi connectivity index (χ1v) is 8.17. The van der Waals surface area contributed by atoms with Gasteiger partial charge in [-0.3, -0.25) is 4.90 Å². The van der Waals surface area contributed by atoms with Gasteiger partial charge in [0.15, 0.2) is 0 Å². The predicted octanol–water partition coefficient (Wildman–Crippen LogP) is 3.14. The number of halogens is 1. The summed E-state index contributed by atoms with van der Waals surface area (Å²) in [7, 11) is 1.41. The third-order valence-corrected chi connectivity index (χ3v) is 4.72. The van der Waals surface area contributed by atoms with E-state index >= 15 is 0 Å². The average molecular weight is 325 g/mol. The topological polar surface area (TPSA) is 50.8 Å². The highest BCUT2D eigenvalue weighted by molar-refractivity contribution is 6.17. The van der Waals surface area contributed by atoms with E-state index in [-0.39, 0.29) is 12.3 Å². The van der Waals surface area contributed by atoms with E-state index in [1.165, 1.54) is 7.11 Å². The van der Waals surface area contributed by atoms with E-state index in [1.807, 2.05) is 18.2 Å². The maximum atomic E-state index is 12.0. The lowest BCUT2D eigenvalue weighted by molar-refractivity contribution is -0.0591. The van der Waals surface area contributed by atoms with Crippen molar-refractivity contribution in [1.29, 1.82) is 0 Å². The first-order valence-electron chi connectivity index (χ1n) is 7.63. The highest BCUT2D eigenvalue weighted by Crippen LogP contribution is 2.49. The molecule has 2 aliphatic rings. The number of amides is 1. The Labute approximate surface area is 135 Å². The van der Waals surface area contributed by atoms with Crippen LogP contribution in [0.1, 0.15) is 24.8 Å². The quantitative estimate of drug-likeness (QED) is 0.668. The van der Waals surface area contributed by atoms with E-state index < -0.39 is 5.60 Å². The van der Waals surface area contributed by atoms with Crippen molar-refractivity contribution in [1.82, 2.24) is 4.90 Å². The van der Waals surface area contributed by atoms with E-state index in [4.69, 9.17) is 21.1 Å². The van der Waals surface area contributed by atoms with Crippen molar-refractivity contribution < 1.29 is 14.3 Å². The third kappa shape index (κ3) is 2.42. The number of nitrogens with one attached hydrogen (secondary N) is 1. The first kappa shape index (κ1) is 15.4. The van der Waals surface area contributed by atoms with Gasteiger partial charge < -0.3 is 14.8 Å². The molecule has 1 N–H and O–H groups in total. The van der Waals surface area contributed by atoms with Gasteiger partial charge in [-0.05, 0) is 18.9 Å². The van der Waals surface area contributed by atoms with Gasteiger partial charge in [0.2, 0.25) is 0 Å². The molecule has 3 rings (SSSR count). The Kier molecular flexibility index (Phi) is 4.45. The van der Waals surface area contributed by atoms with E-state index in [0.29, 0.717) is 19.0 Å². The molecular formula is C16H21ClN2O3. The molecule has 5 nitrogen and oxygen atoms in total. The monoisotopic (exact) mass is 324 g/mol. The van der Waals surface area contributed by atoms with Gasteiger partial charge in [-0.2, -0.15) is 0 Å². The van der Waals surface area contributed by atoms with E-state index in [2.05, 4.69) is 11.4 Å². The van der Waals surface area contributed by atoms with Crippen LogP contribution in [0.15, 0.2) is 24.3 Å². The number of rotatable bonds is 5. The highest BCUT2D eigenvalue weighted by atomic mass is 35.5. The fourth-order valence-electron chi connectivity index (χ4n) is 3.40. The summed E-state index contributed by atoms with van der Waals surface area (Å²) in [4.78, 5) is 13.7. The van der Waals surface area contributed by atoms with Crippen LogP contribution in [0.2, 0.25) is 0 Å². The molecule has 1 aromatic carbocycles. The average Bonchev–Trinajstić information content (AvgIpc) is 3.05. The molecule has 6 heteroatoms. The summed E-state index contributed by atoms with van der Waals surface area (Å²) in [6.07, 6.45) is 2.07. The fourth-order valence-corrected chi connectivity index (χ4v) is 3.59. The molecule has 2 atom stereocenters. The van der Waals surface area contributed by atoms with Crippen LogP contribution in [0.3, 0.4) is 0 Å². The number of fused-ring (bicyclic) bond motifs is 3. The fraction of sp³-hybridized carbons (Fsp3) is 0.562. The third-order valence-electron chi connectivity index (χ3n) is 4.45. The second kappa shape index (κ2) is 6.34. The Balaban J connectivity index is 1.86. The molecule has 0 spiro atoms. The minimum atomic E-state index is -0.489. The van der Waals surface area contributed by atoms with Gasteiger partial charge in [0.05, 0.1) is 7.11 Å². The number of unbranched alkanes of at least 4 members (excludes halogenated alkanes) is 1. The summed E-state index contributed by atoms with van der Waals surface area (Å²) >= 11 is 5.73.